The summed E-state index contributed by atoms with van der Waals surface area (Å²) in [7, 11) is 0. The average Bonchev–Trinajstić information content (AvgIpc) is 3.39. The SMILES string of the molecule is C=C[C-]=CC=C.[2H]/C(C=C)=C(\[2H])C(=[N-])c1[c-]ccc2c1sc1nc(C3([2H])CCCCC3)ccc12.[2H]c1ccncc1[2H].[Ir+3]. The van der Waals surface area contributed by atoms with E-state index in [1.165, 1.54) is 42.3 Å². The second kappa shape index (κ2) is 17.3. The molecule has 0 spiro atoms. The standard InChI is InChI=1S/C22H20N2S.C6H7.C5H5N.Ir/c1-2-3-12-19(23)18-11-7-10-16-17-13-14-20(15-8-5-4-6-9-15)24-22(17)25-21(16)18;1-3-5-6-4-2;1-2-4-6-5-3-1;/h2-3,7,10,12-15H,1,4-6,8-9H2;3-5H,1-2H2;1-5H;/q-2;-1;;+3/b12-3-;;;/i3D,12D,15D;;1D,2D;. The molecule has 0 saturated heterocycles. The molecule has 0 radical (unpaired) electrons. The van der Waals surface area contributed by atoms with Crippen molar-refractivity contribution in [3.05, 3.63) is 140 Å². The molecule has 3 heterocycles. The van der Waals surface area contributed by atoms with Crippen LogP contribution in [0.1, 0.15) is 56.1 Å². The molecule has 0 unspecified atom stereocenters. The molecule has 1 aliphatic rings. The molecular weight excluding hydrogens is 663 g/mol. The monoisotopic (exact) mass is 700 g/mol. The zero-order chi connectivity index (χ0) is 30.7. The number of nitrogens with zero attached hydrogens (tertiary/aromatic N) is 3. The van der Waals surface area contributed by atoms with E-state index in [2.05, 4.69) is 36.9 Å². The topological polar surface area (TPSA) is 48.1 Å². The van der Waals surface area contributed by atoms with Gasteiger partial charge >= 0.3 is 20.1 Å². The molecule has 1 fully saturated rings. The Morgan fingerprint density at radius 1 is 1.13 bits per heavy atom. The fraction of sp³-hybridized carbons (Fsp3) is 0.182. The molecular formula is C33H32IrN3S. The van der Waals surface area contributed by atoms with Gasteiger partial charge in [-0.05, 0) is 41.1 Å². The molecule has 3 aromatic heterocycles. The van der Waals surface area contributed by atoms with E-state index >= 15 is 0 Å². The molecule has 0 bridgehead atoms. The van der Waals surface area contributed by atoms with Gasteiger partial charge in [0.2, 0.25) is 0 Å². The number of hydrogen-bond donors (Lipinski definition) is 0. The van der Waals surface area contributed by atoms with Gasteiger partial charge in [-0.2, -0.15) is 54.4 Å². The van der Waals surface area contributed by atoms with Gasteiger partial charge in [0.05, 0.1) is 4.11 Å². The summed E-state index contributed by atoms with van der Waals surface area (Å²) in [5.41, 5.74) is 0.926. The van der Waals surface area contributed by atoms with Crippen LogP contribution in [0.2, 0.25) is 0 Å². The van der Waals surface area contributed by atoms with Gasteiger partial charge in [-0.1, -0.05) is 55.5 Å². The molecule has 5 rings (SSSR count). The molecule has 0 amide bonds. The van der Waals surface area contributed by atoms with E-state index < -0.39 is 5.89 Å². The Labute approximate surface area is 251 Å². The maximum atomic E-state index is 10.5. The van der Waals surface area contributed by atoms with Crippen LogP contribution in [-0.2, 0) is 20.1 Å². The van der Waals surface area contributed by atoms with Crippen molar-refractivity contribution in [2.45, 2.75) is 38.0 Å². The van der Waals surface area contributed by atoms with Crippen molar-refractivity contribution < 1.29 is 27.0 Å². The van der Waals surface area contributed by atoms with E-state index in [0.29, 0.717) is 5.56 Å². The smallest absolute Gasteiger partial charge is 0.855 e. The van der Waals surface area contributed by atoms with Crippen molar-refractivity contribution in [3.8, 4) is 0 Å². The van der Waals surface area contributed by atoms with Gasteiger partial charge in [-0.15, -0.1) is 24.3 Å². The predicted molar refractivity (Wildman–Crippen MR) is 161 cm³/mol. The molecule has 0 N–H and O–H groups in total. The van der Waals surface area contributed by atoms with Gasteiger partial charge in [0.25, 0.3) is 0 Å². The van der Waals surface area contributed by atoms with Crippen LogP contribution in [0.4, 0.5) is 0 Å². The Morgan fingerprint density at radius 2 is 1.95 bits per heavy atom. The van der Waals surface area contributed by atoms with E-state index in [-0.39, 0.29) is 50.0 Å². The number of fused-ring (bicyclic) bond motifs is 3. The van der Waals surface area contributed by atoms with Crippen LogP contribution in [0, 0.1) is 12.1 Å². The first-order valence-corrected chi connectivity index (χ1v) is 12.8. The number of thiophene rings is 1. The van der Waals surface area contributed by atoms with E-state index in [4.69, 9.17) is 11.8 Å². The molecule has 1 aliphatic carbocycles. The fourth-order valence-electron chi connectivity index (χ4n) is 3.79. The Balaban J connectivity index is 0.000000356. The summed E-state index contributed by atoms with van der Waals surface area (Å²) in [6.45, 7) is 10.3. The predicted octanol–water partition coefficient (Wildman–Crippen LogP) is 9.19. The molecule has 1 aromatic carbocycles. The summed E-state index contributed by atoms with van der Waals surface area (Å²) < 4.78 is 39.3. The van der Waals surface area contributed by atoms with Gasteiger partial charge < -0.3 is 5.41 Å². The van der Waals surface area contributed by atoms with Gasteiger partial charge in [-0.3, -0.25) is 4.98 Å². The van der Waals surface area contributed by atoms with Crippen molar-refractivity contribution in [2.75, 3.05) is 0 Å². The second-order valence-electron chi connectivity index (χ2n) is 7.89. The minimum absolute atomic E-state index is 0. The van der Waals surface area contributed by atoms with E-state index in [1.54, 1.807) is 24.3 Å². The maximum Gasteiger partial charge on any atom is 3.00 e. The molecule has 1 saturated carbocycles. The second-order valence-corrected chi connectivity index (χ2v) is 8.89. The maximum absolute atomic E-state index is 10.5. The first kappa shape index (κ1) is 23.8. The third-order valence-electron chi connectivity index (χ3n) is 5.45. The zero-order valence-electron chi connectivity index (χ0n) is 26.1. The van der Waals surface area contributed by atoms with Gasteiger partial charge in [0.15, 0.2) is 0 Å². The molecule has 5 heteroatoms. The van der Waals surface area contributed by atoms with Crippen LogP contribution in [-0.4, -0.2) is 15.7 Å². The van der Waals surface area contributed by atoms with Crippen molar-refractivity contribution in [1.82, 2.24) is 9.97 Å². The van der Waals surface area contributed by atoms with Crippen LogP contribution in [0.25, 0.3) is 25.7 Å². The molecule has 194 valence electrons. The van der Waals surface area contributed by atoms with E-state index in [1.807, 2.05) is 18.2 Å². The van der Waals surface area contributed by atoms with Crippen LogP contribution in [0.3, 0.4) is 0 Å². The molecule has 4 aromatic rings. The zero-order valence-corrected chi connectivity index (χ0v) is 24.3. The fourth-order valence-corrected chi connectivity index (χ4v) is 4.96. The number of hydrogen-bond acceptors (Lipinski definition) is 3. The Hall–Kier alpha value is -3.24. The minimum Gasteiger partial charge on any atom is -0.855 e. The summed E-state index contributed by atoms with van der Waals surface area (Å²) in [6, 6.07) is 12.1. The van der Waals surface area contributed by atoms with Crippen molar-refractivity contribution in [3.63, 3.8) is 0 Å². The van der Waals surface area contributed by atoms with E-state index in [9.17, 15) is 5.41 Å². The minimum atomic E-state index is -0.618. The largest absolute Gasteiger partial charge is 3.00 e. The van der Waals surface area contributed by atoms with Gasteiger partial charge in [0, 0.05) is 26.7 Å². The quantitative estimate of drug-likeness (QED) is 0.115. The number of aromatic nitrogens is 2. The third-order valence-corrected chi connectivity index (χ3v) is 6.58. The van der Waals surface area contributed by atoms with Crippen LogP contribution < -0.4 is 0 Å². The first-order valence-electron chi connectivity index (χ1n) is 14.5. The summed E-state index contributed by atoms with van der Waals surface area (Å²) in [5.74, 6) is -0.618. The van der Waals surface area contributed by atoms with Crippen molar-refractivity contribution >= 4 is 37.4 Å². The normalized spacial score (nSPS) is 16.4. The molecule has 0 aliphatic heterocycles. The molecule has 0 atom stereocenters. The van der Waals surface area contributed by atoms with Crippen LogP contribution >= 0.6 is 11.3 Å². The summed E-state index contributed by atoms with van der Waals surface area (Å²) in [4.78, 5) is 9.28. The van der Waals surface area contributed by atoms with Crippen molar-refractivity contribution in [1.29, 1.82) is 0 Å². The number of pyridine rings is 2. The first-order chi connectivity index (χ1) is 20.2. The number of rotatable bonds is 6. The Morgan fingerprint density at radius 3 is 2.58 bits per heavy atom. The van der Waals surface area contributed by atoms with E-state index in [0.717, 1.165) is 51.7 Å². The van der Waals surface area contributed by atoms with Crippen molar-refractivity contribution in [2.24, 2.45) is 0 Å². The third kappa shape index (κ3) is 8.95. The van der Waals surface area contributed by atoms with Crippen LogP contribution in [0.15, 0.2) is 111 Å². The summed E-state index contributed by atoms with van der Waals surface area (Å²) >= 11 is 1.43. The number of allylic oxidation sites excluding steroid dienone is 7. The summed E-state index contributed by atoms with van der Waals surface area (Å²) in [6.07, 6.45) is 16.7. The van der Waals surface area contributed by atoms with Gasteiger partial charge in [-0.25, -0.2) is 10.7 Å². The average molecular weight is 700 g/mol. The van der Waals surface area contributed by atoms with Crippen LogP contribution in [0.5, 0.6) is 0 Å². The Bertz CT molecular complexity index is 1620. The summed E-state index contributed by atoms with van der Waals surface area (Å²) in [5, 5.41) is 12.4. The number of benzene rings is 1. The molecule has 3 nitrogen and oxygen atoms in total. The van der Waals surface area contributed by atoms with Gasteiger partial charge in [0.1, 0.15) is 4.83 Å². The molecule has 38 heavy (non-hydrogen) atoms. The Kier molecular flexibility index (Phi) is 10.9.